The molecule has 0 unspecified atom stereocenters. The number of hydrogen-bond donors (Lipinski definition) is 1. The van der Waals surface area contributed by atoms with E-state index in [0.717, 1.165) is 11.0 Å². The first-order valence-electron chi connectivity index (χ1n) is 4.46. The van der Waals surface area contributed by atoms with Crippen LogP contribution in [0, 0.1) is 18.6 Å². The third kappa shape index (κ3) is 1.07. The number of benzene rings is 1. The molecule has 0 atom stereocenters. The normalized spacial score (nSPS) is 11.1. The van der Waals surface area contributed by atoms with E-state index in [1.807, 2.05) is 11.6 Å². The Balaban J connectivity index is 3.04. The monoisotopic (exact) mass is 207 g/mol. The third-order valence-corrected chi connectivity index (χ3v) is 3.18. The summed E-state index contributed by atoms with van der Waals surface area (Å²) >= 11 is 5.18. The third-order valence-electron chi connectivity index (χ3n) is 2.70. The SMILES string of the molecule is Cc1cc2c(cc1C)n(N)c(=S)n2C. The second-order valence-electron chi connectivity index (χ2n) is 3.64. The maximum atomic E-state index is 5.85. The summed E-state index contributed by atoms with van der Waals surface area (Å²) in [7, 11) is 1.93. The van der Waals surface area contributed by atoms with E-state index in [1.165, 1.54) is 11.1 Å². The number of aryl methyl sites for hydroxylation is 3. The van der Waals surface area contributed by atoms with Crippen LogP contribution >= 0.6 is 12.2 Å². The maximum absolute atomic E-state index is 5.85. The highest BCUT2D eigenvalue weighted by Crippen LogP contribution is 2.19. The lowest BCUT2D eigenvalue weighted by atomic mass is 10.1. The van der Waals surface area contributed by atoms with Gasteiger partial charge < -0.3 is 10.4 Å². The van der Waals surface area contributed by atoms with E-state index in [-0.39, 0.29) is 0 Å². The Morgan fingerprint density at radius 3 is 2.21 bits per heavy atom. The van der Waals surface area contributed by atoms with Crippen LogP contribution in [0.1, 0.15) is 11.1 Å². The highest BCUT2D eigenvalue weighted by Gasteiger charge is 2.06. The fraction of sp³-hybridized carbons (Fsp3) is 0.300. The fourth-order valence-electron chi connectivity index (χ4n) is 1.61. The van der Waals surface area contributed by atoms with E-state index in [9.17, 15) is 0 Å². The van der Waals surface area contributed by atoms with Gasteiger partial charge in [0.1, 0.15) is 0 Å². The van der Waals surface area contributed by atoms with Crippen LogP contribution in [0.25, 0.3) is 11.0 Å². The van der Waals surface area contributed by atoms with Gasteiger partial charge in [-0.3, -0.25) is 0 Å². The lowest BCUT2D eigenvalue weighted by Gasteiger charge is -2.01. The molecule has 0 radical (unpaired) electrons. The lowest BCUT2D eigenvalue weighted by molar-refractivity contribution is 0.868. The first-order valence-corrected chi connectivity index (χ1v) is 4.87. The van der Waals surface area contributed by atoms with E-state index < -0.39 is 0 Å². The van der Waals surface area contributed by atoms with Gasteiger partial charge in [-0.05, 0) is 49.3 Å². The van der Waals surface area contributed by atoms with Crippen LogP contribution in [0.4, 0.5) is 0 Å². The number of rotatable bonds is 0. The molecule has 1 aromatic carbocycles. The predicted molar refractivity (Wildman–Crippen MR) is 61.4 cm³/mol. The van der Waals surface area contributed by atoms with E-state index in [4.69, 9.17) is 18.1 Å². The Bertz CT molecular complexity index is 515. The molecule has 2 rings (SSSR count). The Hall–Kier alpha value is -1.29. The van der Waals surface area contributed by atoms with E-state index in [1.54, 1.807) is 4.68 Å². The van der Waals surface area contributed by atoms with Crippen molar-refractivity contribution in [1.29, 1.82) is 0 Å². The summed E-state index contributed by atoms with van der Waals surface area (Å²) in [5, 5.41) is 0. The Kier molecular flexibility index (Phi) is 1.89. The standard InChI is InChI=1S/C10H13N3S/c1-6-4-8-9(5-7(6)2)13(11)10(14)12(8)3/h4-5H,11H2,1-3H3. The van der Waals surface area contributed by atoms with Crippen molar-refractivity contribution in [3.8, 4) is 0 Å². The van der Waals surface area contributed by atoms with Gasteiger partial charge in [-0.25, -0.2) is 4.68 Å². The molecule has 0 aliphatic heterocycles. The number of hydrogen-bond acceptors (Lipinski definition) is 2. The van der Waals surface area contributed by atoms with E-state index >= 15 is 0 Å². The van der Waals surface area contributed by atoms with Crippen molar-refractivity contribution in [2.24, 2.45) is 7.05 Å². The minimum Gasteiger partial charge on any atom is -0.337 e. The number of nitrogen functional groups attached to an aromatic ring is 1. The van der Waals surface area contributed by atoms with Crippen LogP contribution < -0.4 is 5.84 Å². The summed E-state index contributed by atoms with van der Waals surface area (Å²) < 4.78 is 4.12. The van der Waals surface area contributed by atoms with Crippen LogP contribution in [0.5, 0.6) is 0 Å². The van der Waals surface area contributed by atoms with Gasteiger partial charge in [-0.2, -0.15) is 0 Å². The zero-order valence-electron chi connectivity index (χ0n) is 8.53. The quantitative estimate of drug-likeness (QED) is 0.530. The molecule has 2 N–H and O–H groups in total. The summed E-state index contributed by atoms with van der Waals surface area (Å²) in [5.74, 6) is 5.85. The van der Waals surface area contributed by atoms with Crippen molar-refractivity contribution in [2.75, 3.05) is 5.84 Å². The van der Waals surface area contributed by atoms with Crippen molar-refractivity contribution in [3.63, 3.8) is 0 Å². The van der Waals surface area contributed by atoms with Gasteiger partial charge in [-0.1, -0.05) is 0 Å². The zero-order chi connectivity index (χ0) is 10.5. The van der Waals surface area contributed by atoms with Gasteiger partial charge in [-0.15, -0.1) is 0 Å². The van der Waals surface area contributed by atoms with Crippen LogP contribution in [-0.4, -0.2) is 9.24 Å². The van der Waals surface area contributed by atoms with Crippen LogP contribution in [-0.2, 0) is 7.05 Å². The molecule has 0 aliphatic carbocycles. The van der Waals surface area contributed by atoms with Gasteiger partial charge in [0.25, 0.3) is 0 Å². The molecule has 2 aromatic rings. The summed E-state index contributed by atoms with van der Waals surface area (Å²) in [5.41, 5.74) is 4.56. The Morgan fingerprint density at radius 2 is 1.64 bits per heavy atom. The number of nitrogens with two attached hydrogens (primary N) is 1. The van der Waals surface area contributed by atoms with Crippen molar-refractivity contribution >= 4 is 23.3 Å². The fourth-order valence-corrected chi connectivity index (χ4v) is 1.81. The largest absolute Gasteiger partial charge is 0.337 e. The van der Waals surface area contributed by atoms with Crippen molar-refractivity contribution in [2.45, 2.75) is 13.8 Å². The minimum absolute atomic E-state index is 0.644. The molecule has 4 heteroatoms. The molecule has 0 fully saturated rings. The maximum Gasteiger partial charge on any atom is 0.199 e. The van der Waals surface area contributed by atoms with Crippen molar-refractivity contribution < 1.29 is 0 Å². The van der Waals surface area contributed by atoms with Crippen molar-refractivity contribution in [1.82, 2.24) is 9.24 Å². The first kappa shape index (κ1) is 9.27. The van der Waals surface area contributed by atoms with Gasteiger partial charge in [0.15, 0.2) is 4.77 Å². The summed E-state index contributed by atoms with van der Waals surface area (Å²) in [6, 6.07) is 4.18. The summed E-state index contributed by atoms with van der Waals surface area (Å²) in [4.78, 5) is 0. The smallest absolute Gasteiger partial charge is 0.199 e. The number of fused-ring (bicyclic) bond motifs is 1. The summed E-state index contributed by atoms with van der Waals surface area (Å²) in [6.45, 7) is 4.16. The lowest BCUT2D eigenvalue weighted by Crippen LogP contribution is -2.08. The van der Waals surface area contributed by atoms with Gasteiger partial charge >= 0.3 is 0 Å². The average Bonchev–Trinajstić information content (AvgIpc) is 2.34. The molecular formula is C10H13N3S. The molecule has 74 valence electrons. The molecule has 14 heavy (non-hydrogen) atoms. The highest BCUT2D eigenvalue weighted by molar-refractivity contribution is 7.71. The van der Waals surface area contributed by atoms with Crippen LogP contribution in [0.3, 0.4) is 0 Å². The highest BCUT2D eigenvalue weighted by atomic mass is 32.1. The molecule has 1 heterocycles. The summed E-state index contributed by atoms with van der Waals surface area (Å²) in [6.07, 6.45) is 0. The molecule has 0 saturated heterocycles. The minimum atomic E-state index is 0.644. The Morgan fingerprint density at radius 1 is 1.14 bits per heavy atom. The second kappa shape index (κ2) is 2.85. The molecule has 0 aliphatic rings. The molecule has 0 bridgehead atoms. The topological polar surface area (TPSA) is 35.9 Å². The molecule has 1 aromatic heterocycles. The van der Waals surface area contributed by atoms with Crippen molar-refractivity contribution in [3.05, 3.63) is 28.0 Å². The zero-order valence-corrected chi connectivity index (χ0v) is 9.35. The molecule has 0 saturated carbocycles. The number of nitrogens with zero attached hydrogens (tertiary/aromatic N) is 2. The number of imidazole rings is 1. The first-order chi connectivity index (χ1) is 6.52. The molecular weight excluding hydrogens is 194 g/mol. The average molecular weight is 207 g/mol. The molecule has 0 amide bonds. The van der Waals surface area contributed by atoms with E-state index in [0.29, 0.717) is 4.77 Å². The van der Waals surface area contributed by atoms with Gasteiger partial charge in [0, 0.05) is 7.05 Å². The number of aromatic nitrogens is 2. The predicted octanol–water partition coefficient (Wildman–Crippen LogP) is 2.04. The van der Waals surface area contributed by atoms with E-state index in [2.05, 4.69) is 26.0 Å². The molecule has 3 nitrogen and oxygen atoms in total. The Labute approximate surface area is 87.7 Å². The van der Waals surface area contributed by atoms with Gasteiger partial charge in [0.2, 0.25) is 0 Å². The van der Waals surface area contributed by atoms with Gasteiger partial charge in [0.05, 0.1) is 11.0 Å². The molecule has 0 spiro atoms. The second-order valence-corrected chi connectivity index (χ2v) is 4.00. The van der Waals surface area contributed by atoms with Crippen LogP contribution in [0.15, 0.2) is 12.1 Å². The van der Waals surface area contributed by atoms with Crippen LogP contribution in [0.2, 0.25) is 0 Å².